The van der Waals surface area contributed by atoms with Crippen LogP contribution in [0.25, 0.3) is 0 Å². The average Bonchev–Trinajstić information content (AvgIpc) is 3.08. The predicted molar refractivity (Wildman–Crippen MR) is 82.3 cm³/mol. The molecule has 2 heterocycles. The Morgan fingerprint density at radius 1 is 1.40 bits per heavy atom. The maximum absolute atomic E-state index is 12.1. The molecule has 0 aliphatic heterocycles. The van der Waals surface area contributed by atoms with E-state index in [9.17, 15) is 4.79 Å². The molecule has 0 aliphatic rings. The molecule has 0 saturated heterocycles. The monoisotopic (exact) mass is 291 g/mol. The van der Waals surface area contributed by atoms with Crippen LogP contribution in [-0.4, -0.2) is 22.4 Å². The highest BCUT2D eigenvalue weighted by molar-refractivity contribution is 7.14. The summed E-state index contributed by atoms with van der Waals surface area (Å²) < 4.78 is 0. The maximum Gasteiger partial charge on any atom is 0.261 e. The fraction of sp³-hybridized carbons (Fsp3) is 0.467. The minimum Gasteiger partial charge on any atom is -0.351 e. The van der Waals surface area contributed by atoms with Crippen LogP contribution in [0.1, 0.15) is 46.1 Å². The molecule has 0 unspecified atom stereocenters. The summed E-state index contributed by atoms with van der Waals surface area (Å²) in [7, 11) is 0. The van der Waals surface area contributed by atoms with Gasteiger partial charge in [0, 0.05) is 29.7 Å². The van der Waals surface area contributed by atoms with Gasteiger partial charge < -0.3 is 10.3 Å². The Bertz CT molecular complexity index is 545. The number of aromatic amines is 1. The molecule has 0 aliphatic carbocycles. The van der Waals surface area contributed by atoms with Crippen molar-refractivity contribution in [3.8, 4) is 0 Å². The van der Waals surface area contributed by atoms with Crippen LogP contribution in [-0.2, 0) is 19.3 Å². The quantitative estimate of drug-likeness (QED) is 0.824. The number of nitrogens with one attached hydrogen (secondary N) is 2. The molecule has 20 heavy (non-hydrogen) atoms. The number of rotatable bonds is 7. The van der Waals surface area contributed by atoms with E-state index < -0.39 is 0 Å². The van der Waals surface area contributed by atoms with E-state index in [0.717, 1.165) is 36.3 Å². The zero-order valence-corrected chi connectivity index (χ0v) is 12.8. The molecule has 108 valence electrons. The second-order valence-electron chi connectivity index (χ2n) is 4.75. The summed E-state index contributed by atoms with van der Waals surface area (Å²) >= 11 is 1.63. The minimum atomic E-state index is 0.0339. The molecule has 0 fully saturated rings. The number of hydrogen-bond donors (Lipinski definition) is 2. The number of aromatic nitrogens is 2. The molecule has 2 aromatic rings. The Morgan fingerprint density at radius 2 is 2.25 bits per heavy atom. The van der Waals surface area contributed by atoms with Crippen molar-refractivity contribution < 1.29 is 4.79 Å². The lowest BCUT2D eigenvalue weighted by Gasteiger charge is -2.01. The first-order valence-electron chi connectivity index (χ1n) is 7.11. The topological polar surface area (TPSA) is 57.8 Å². The van der Waals surface area contributed by atoms with Gasteiger partial charge in [0.25, 0.3) is 5.91 Å². The van der Waals surface area contributed by atoms with E-state index in [0.29, 0.717) is 6.54 Å². The average molecular weight is 291 g/mol. The maximum atomic E-state index is 12.1. The van der Waals surface area contributed by atoms with Gasteiger partial charge in [-0.05, 0) is 24.5 Å². The Morgan fingerprint density at radius 3 is 2.90 bits per heavy atom. The van der Waals surface area contributed by atoms with Crippen LogP contribution in [0.5, 0.6) is 0 Å². The number of carbonyl (C=O) groups is 1. The third-order valence-electron chi connectivity index (χ3n) is 3.21. The Balaban J connectivity index is 1.91. The third-order valence-corrected chi connectivity index (χ3v) is 4.45. The van der Waals surface area contributed by atoms with Crippen molar-refractivity contribution in [3.05, 3.63) is 39.6 Å². The minimum absolute atomic E-state index is 0.0339. The van der Waals surface area contributed by atoms with Gasteiger partial charge in [-0.1, -0.05) is 20.3 Å². The number of H-pyrrole nitrogens is 1. The number of thiophene rings is 1. The van der Waals surface area contributed by atoms with Crippen molar-refractivity contribution in [1.29, 1.82) is 0 Å². The molecule has 1 amide bonds. The Hall–Kier alpha value is -1.62. The number of amides is 1. The highest BCUT2D eigenvalue weighted by atomic mass is 32.1. The van der Waals surface area contributed by atoms with Gasteiger partial charge in [-0.25, -0.2) is 4.98 Å². The predicted octanol–water partition coefficient (Wildman–Crippen LogP) is 2.96. The van der Waals surface area contributed by atoms with E-state index in [-0.39, 0.29) is 5.91 Å². The Kier molecular flexibility index (Phi) is 5.35. The first kappa shape index (κ1) is 14.8. The molecule has 0 radical (unpaired) electrons. The number of imidazole rings is 1. The molecule has 0 aromatic carbocycles. The molecule has 0 bridgehead atoms. The van der Waals surface area contributed by atoms with Crippen LogP contribution in [0.4, 0.5) is 0 Å². The zero-order valence-electron chi connectivity index (χ0n) is 12.0. The molecule has 0 saturated carbocycles. The van der Waals surface area contributed by atoms with Crippen molar-refractivity contribution >= 4 is 17.2 Å². The molecular formula is C15H21N3OS. The SMILES string of the molecule is CCCc1sc(C(=O)NCCc2cnc[nH]2)cc1CC. The molecular weight excluding hydrogens is 270 g/mol. The van der Waals surface area contributed by atoms with Gasteiger partial charge in [0.05, 0.1) is 11.2 Å². The molecule has 5 heteroatoms. The molecule has 2 aromatic heterocycles. The van der Waals surface area contributed by atoms with Crippen LogP contribution in [0.2, 0.25) is 0 Å². The standard InChI is InChI=1S/C15H21N3OS/c1-3-5-13-11(4-2)8-14(20-13)15(19)17-7-6-12-9-16-10-18-12/h8-10H,3-7H2,1-2H3,(H,16,18)(H,17,19). The number of carbonyl (C=O) groups excluding carboxylic acids is 1. The van der Waals surface area contributed by atoms with E-state index in [2.05, 4.69) is 29.1 Å². The first-order chi connectivity index (χ1) is 9.74. The van der Waals surface area contributed by atoms with Gasteiger partial charge in [-0.2, -0.15) is 0 Å². The van der Waals surface area contributed by atoms with E-state index in [1.807, 2.05) is 6.07 Å². The lowest BCUT2D eigenvalue weighted by atomic mass is 10.1. The smallest absolute Gasteiger partial charge is 0.261 e. The fourth-order valence-electron chi connectivity index (χ4n) is 2.14. The van der Waals surface area contributed by atoms with Crippen LogP contribution >= 0.6 is 11.3 Å². The summed E-state index contributed by atoms with van der Waals surface area (Å²) in [5, 5.41) is 2.97. The van der Waals surface area contributed by atoms with Crippen molar-refractivity contribution in [1.82, 2.24) is 15.3 Å². The molecule has 4 nitrogen and oxygen atoms in total. The summed E-state index contributed by atoms with van der Waals surface area (Å²) in [5.74, 6) is 0.0339. The summed E-state index contributed by atoms with van der Waals surface area (Å²) in [6, 6.07) is 2.04. The second kappa shape index (κ2) is 7.24. The van der Waals surface area contributed by atoms with E-state index in [1.165, 1.54) is 10.4 Å². The fourth-order valence-corrected chi connectivity index (χ4v) is 3.41. The Labute approximate surface area is 123 Å². The van der Waals surface area contributed by atoms with Crippen LogP contribution < -0.4 is 5.32 Å². The summed E-state index contributed by atoms with van der Waals surface area (Å²) in [4.78, 5) is 21.3. The lowest BCUT2D eigenvalue weighted by Crippen LogP contribution is -2.24. The summed E-state index contributed by atoms with van der Waals surface area (Å²) in [6.45, 7) is 4.94. The zero-order chi connectivity index (χ0) is 14.4. The third kappa shape index (κ3) is 3.70. The van der Waals surface area contributed by atoms with Gasteiger partial charge in [-0.3, -0.25) is 4.79 Å². The molecule has 0 atom stereocenters. The van der Waals surface area contributed by atoms with Gasteiger partial charge in [-0.15, -0.1) is 11.3 Å². The van der Waals surface area contributed by atoms with Crippen LogP contribution in [0.3, 0.4) is 0 Å². The van der Waals surface area contributed by atoms with Gasteiger partial charge in [0.1, 0.15) is 0 Å². The van der Waals surface area contributed by atoms with Crippen molar-refractivity contribution in [3.63, 3.8) is 0 Å². The number of nitrogens with zero attached hydrogens (tertiary/aromatic N) is 1. The van der Waals surface area contributed by atoms with Crippen molar-refractivity contribution in [2.75, 3.05) is 6.54 Å². The molecule has 2 N–H and O–H groups in total. The van der Waals surface area contributed by atoms with E-state index >= 15 is 0 Å². The first-order valence-corrected chi connectivity index (χ1v) is 7.93. The van der Waals surface area contributed by atoms with E-state index in [4.69, 9.17) is 0 Å². The molecule has 0 spiro atoms. The van der Waals surface area contributed by atoms with Crippen molar-refractivity contribution in [2.24, 2.45) is 0 Å². The van der Waals surface area contributed by atoms with Crippen LogP contribution in [0, 0.1) is 0 Å². The highest BCUT2D eigenvalue weighted by Crippen LogP contribution is 2.24. The van der Waals surface area contributed by atoms with Gasteiger partial charge >= 0.3 is 0 Å². The second-order valence-corrected chi connectivity index (χ2v) is 5.88. The van der Waals surface area contributed by atoms with E-state index in [1.54, 1.807) is 23.9 Å². The summed E-state index contributed by atoms with van der Waals surface area (Å²) in [6.07, 6.45) is 7.39. The van der Waals surface area contributed by atoms with Crippen molar-refractivity contribution in [2.45, 2.75) is 39.5 Å². The number of aryl methyl sites for hydroxylation is 2. The highest BCUT2D eigenvalue weighted by Gasteiger charge is 2.12. The largest absolute Gasteiger partial charge is 0.351 e. The van der Waals surface area contributed by atoms with Gasteiger partial charge in [0.15, 0.2) is 0 Å². The van der Waals surface area contributed by atoms with Crippen LogP contribution in [0.15, 0.2) is 18.6 Å². The lowest BCUT2D eigenvalue weighted by molar-refractivity contribution is 0.0958. The normalized spacial score (nSPS) is 10.7. The summed E-state index contributed by atoms with van der Waals surface area (Å²) in [5.41, 5.74) is 2.35. The number of hydrogen-bond acceptors (Lipinski definition) is 3. The molecule has 2 rings (SSSR count). The van der Waals surface area contributed by atoms with Gasteiger partial charge in [0.2, 0.25) is 0 Å².